The third kappa shape index (κ3) is 7.02. The number of hydrogen-bond acceptors (Lipinski definition) is 6. The Bertz CT molecular complexity index is 1530. The number of carbonyl (C=O) groups excluding carboxylic acids is 2. The zero-order valence-corrected chi connectivity index (χ0v) is 25.0. The van der Waals surface area contributed by atoms with Crippen LogP contribution in [0.3, 0.4) is 0 Å². The van der Waals surface area contributed by atoms with E-state index in [1.54, 1.807) is 6.92 Å². The Morgan fingerprint density at radius 1 is 0.976 bits per heavy atom. The molecule has 4 rings (SSSR count). The van der Waals surface area contributed by atoms with Gasteiger partial charge in [0.2, 0.25) is 11.8 Å². The number of nitrogens with zero attached hydrogens (tertiary/aromatic N) is 2. The third-order valence-corrected chi connectivity index (χ3v) is 9.04. The fraction of sp³-hybridized carbons (Fsp3) is 0.355. The van der Waals surface area contributed by atoms with Gasteiger partial charge in [-0.3, -0.25) is 13.9 Å². The lowest BCUT2D eigenvalue weighted by molar-refractivity contribution is -0.139. The second-order valence-electron chi connectivity index (χ2n) is 10.2. The van der Waals surface area contributed by atoms with Gasteiger partial charge in [0.15, 0.2) is 11.5 Å². The van der Waals surface area contributed by atoms with Gasteiger partial charge in [-0.25, -0.2) is 12.8 Å². The highest BCUT2D eigenvalue weighted by molar-refractivity contribution is 7.92. The lowest BCUT2D eigenvalue weighted by Gasteiger charge is -2.33. The monoisotopic (exact) mass is 597 g/mol. The first-order chi connectivity index (χ1) is 20.0. The lowest BCUT2D eigenvalue weighted by atomic mass is 10.1. The minimum absolute atomic E-state index is 0.0852. The molecule has 0 saturated heterocycles. The van der Waals surface area contributed by atoms with Crippen LogP contribution in [-0.2, 0) is 26.2 Å². The average molecular weight is 598 g/mol. The molecule has 42 heavy (non-hydrogen) atoms. The molecule has 1 heterocycles. The molecule has 1 aliphatic heterocycles. The van der Waals surface area contributed by atoms with Crippen LogP contribution in [0.1, 0.15) is 38.3 Å². The van der Waals surface area contributed by atoms with Crippen LogP contribution in [0.2, 0.25) is 0 Å². The maximum atomic E-state index is 14.0. The van der Waals surface area contributed by atoms with Crippen LogP contribution in [0, 0.1) is 12.7 Å². The Morgan fingerprint density at radius 2 is 1.64 bits per heavy atom. The van der Waals surface area contributed by atoms with Gasteiger partial charge < -0.3 is 19.7 Å². The summed E-state index contributed by atoms with van der Waals surface area (Å²) in [6, 6.07) is 15.5. The van der Waals surface area contributed by atoms with Gasteiger partial charge in [0, 0.05) is 18.7 Å². The lowest BCUT2D eigenvalue weighted by Crippen LogP contribution is -2.52. The predicted octanol–water partition coefficient (Wildman–Crippen LogP) is 4.43. The van der Waals surface area contributed by atoms with Crippen molar-refractivity contribution in [2.75, 3.05) is 24.1 Å². The van der Waals surface area contributed by atoms with E-state index >= 15 is 0 Å². The van der Waals surface area contributed by atoms with Crippen LogP contribution in [0.4, 0.5) is 10.1 Å². The first kappa shape index (κ1) is 30.8. The fourth-order valence-corrected chi connectivity index (χ4v) is 5.90. The predicted molar refractivity (Wildman–Crippen MR) is 157 cm³/mol. The summed E-state index contributed by atoms with van der Waals surface area (Å²) in [6.07, 6.45) is 0.705. The molecule has 3 aromatic carbocycles. The van der Waals surface area contributed by atoms with Crippen LogP contribution in [0.25, 0.3) is 0 Å². The molecule has 0 radical (unpaired) electrons. The van der Waals surface area contributed by atoms with Crippen molar-refractivity contribution in [3.05, 3.63) is 83.7 Å². The van der Waals surface area contributed by atoms with Crippen molar-refractivity contribution in [1.82, 2.24) is 10.2 Å². The Hall–Kier alpha value is -4.12. The number of hydrogen-bond donors (Lipinski definition) is 1. The van der Waals surface area contributed by atoms with E-state index in [1.165, 1.54) is 35.2 Å². The van der Waals surface area contributed by atoms with E-state index in [4.69, 9.17) is 9.47 Å². The number of ether oxygens (including phenoxy) is 2. The number of aryl methyl sites for hydroxylation is 1. The zero-order valence-electron chi connectivity index (χ0n) is 24.2. The number of amides is 2. The Balaban J connectivity index is 1.72. The molecule has 1 N–H and O–H groups in total. The number of sulfonamides is 1. The molecule has 0 aromatic heterocycles. The summed E-state index contributed by atoms with van der Waals surface area (Å²) in [5, 5.41) is 2.91. The molecule has 2 amide bonds. The van der Waals surface area contributed by atoms with Crippen molar-refractivity contribution < 1.29 is 31.9 Å². The Kier molecular flexibility index (Phi) is 9.72. The van der Waals surface area contributed by atoms with Gasteiger partial charge in [0.1, 0.15) is 31.6 Å². The second-order valence-corrected chi connectivity index (χ2v) is 12.1. The van der Waals surface area contributed by atoms with Crippen LogP contribution < -0.4 is 19.1 Å². The van der Waals surface area contributed by atoms with Gasteiger partial charge in [-0.15, -0.1) is 0 Å². The van der Waals surface area contributed by atoms with Gasteiger partial charge in [0.25, 0.3) is 10.0 Å². The van der Waals surface area contributed by atoms with Crippen LogP contribution in [-0.4, -0.2) is 57.0 Å². The SMILES string of the molecule is CC[C@H](C)NC(=O)[C@H](C)N(Cc1ccccc1C)C(=O)CN(c1ccc(F)cc1)S(=O)(=O)c1ccc2c(c1)OCCO2. The zero-order chi connectivity index (χ0) is 30.4. The number of anilines is 1. The van der Waals surface area contributed by atoms with Crippen molar-refractivity contribution in [1.29, 1.82) is 0 Å². The van der Waals surface area contributed by atoms with E-state index in [1.807, 2.05) is 45.0 Å². The van der Waals surface area contributed by atoms with Gasteiger partial charge in [-0.05, 0) is 74.7 Å². The summed E-state index contributed by atoms with van der Waals surface area (Å²) in [6.45, 7) is 7.39. The minimum Gasteiger partial charge on any atom is -0.486 e. The molecular formula is C31H36FN3O6S. The highest BCUT2D eigenvalue weighted by Gasteiger charge is 2.33. The van der Waals surface area contributed by atoms with Crippen LogP contribution >= 0.6 is 0 Å². The number of benzene rings is 3. The van der Waals surface area contributed by atoms with Crippen molar-refractivity contribution in [2.45, 2.75) is 57.6 Å². The molecule has 224 valence electrons. The van der Waals surface area contributed by atoms with Crippen LogP contribution in [0.5, 0.6) is 11.5 Å². The number of nitrogens with one attached hydrogen (secondary N) is 1. The molecule has 2 atom stereocenters. The average Bonchev–Trinajstić information content (AvgIpc) is 2.99. The summed E-state index contributed by atoms with van der Waals surface area (Å²) in [5.74, 6) is -0.831. The molecule has 0 fully saturated rings. The fourth-order valence-electron chi connectivity index (χ4n) is 4.47. The number of rotatable bonds is 11. The number of fused-ring (bicyclic) bond motifs is 1. The van der Waals surface area contributed by atoms with E-state index in [0.717, 1.165) is 27.6 Å². The molecule has 11 heteroatoms. The molecule has 9 nitrogen and oxygen atoms in total. The topological polar surface area (TPSA) is 105 Å². The Labute approximate surface area is 246 Å². The molecule has 3 aromatic rings. The molecular weight excluding hydrogens is 561 g/mol. The number of halogens is 1. The van der Waals surface area contributed by atoms with Crippen molar-refractivity contribution in [2.24, 2.45) is 0 Å². The highest BCUT2D eigenvalue weighted by atomic mass is 32.2. The quantitative estimate of drug-likeness (QED) is 0.351. The van der Waals surface area contributed by atoms with Gasteiger partial charge in [-0.2, -0.15) is 0 Å². The van der Waals surface area contributed by atoms with E-state index in [9.17, 15) is 22.4 Å². The summed E-state index contributed by atoms with van der Waals surface area (Å²) in [5.41, 5.74) is 1.83. The maximum Gasteiger partial charge on any atom is 0.264 e. The minimum atomic E-state index is -4.35. The first-order valence-corrected chi connectivity index (χ1v) is 15.3. The van der Waals surface area contributed by atoms with E-state index in [2.05, 4.69) is 5.32 Å². The molecule has 0 spiro atoms. The first-order valence-electron chi connectivity index (χ1n) is 13.8. The molecule has 1 aliphatic rings. The van der Waals surface area contributed by atoms with Gasteiger partial charge in [-0.1, -0.05) is 31.2 Å². The molecule has 0 saturated carbocycles. The standard InChI is InChI=1S/C31H36FN3O6S/c1-5-22(3)33-31(37)23(4)34(19-24-9-7-6-8-21(24)2)30(36)20-35(26-12-10-25(32)11-13-26)42(38,39)27-14-15-28-29(18-27)41-17-16-40-28/h6-15,18,22-23H,5,16-17,19-20H2,1-4H3,(H,33,37)/t22-,23-/m0/s1. The summed E-state index contributed by atoms with van der Waals surface area (Å²) < 4.78 is 54.0. The molecule has 0 aliphatic carbocycles. The maximum absolute atomic E-state index is 14.0. The summed E-state index contributed by atoms with van der Waals surface area (Å²) in [7, 11) is -4.35. The van der Waals surface area contributed by atoms with E-state index < -0.39 is 34.3 Å². The summed E-state index contributed by atoms with van der Waals surface area (Å²) in [4.78, 5) is 28.5. The number of carbonyl (C=O) groups is 2. The van der Waals surface area contributed by atoms with Crippen molar-refractivity contribution in [3.8, 4) is 11.5 Å². The molecule has 0 unspecified atom stereocenters. The Morgan fingerprint density at radius 3 is 2.31 bits per heavy atom. The molecule has 0 bridgehead atoms. The largest absolute Gasteiger partial charge is 0.486 e. The van der Waals surface area contributed by atoms with Crippen molar-refractivity contribution in [3.63, 3.8) is 0 Å². The van der Waals surface area contributed by atoms with Gasteiger partial charge in [0.05, 0.1) is 10.6 Å². The van der Waals surface area contributed by atoms with E-state index in [-0.39, 0.29) is 41.4 Å². The normalized spacial score (nSPS) is 14.0. The smallest absolute Gasteiger partial charge is 0.264 e. The third-order valence-electron chi connectivity index (χ3n) is 7.27. The second kappa shape index (κ2) is 13.2. The van der Waals surface area contributed by atoms with E-state index in [0.29, 0.717) is 18.8 Å². The van der Waals surface area contributed by atoms with Crippen LogP contribution in [0.15, 0.2) is 71.6 Å². The van der Waals surface area contributed by atoms with Gasteiger partial charge >= 0.3 is 0 Å². The highest BCUT2D eigenvalue weighted by Crippen LogP contribution is 2.34. The van der Waals surface area contributed by atoms with Crippen molar-refractivity contribution >= 4 is 27.5 Å². The summed E-state index contributed by atoms with van der Waals surface area (Å²) >= 11 is 0.